The van der Waals surface area contributed by atoms with E-state index in [1.54, 1.807) is 24.9 Å². The van der Waals surface area contributed by atoms with Crippen LogP contribution in [0.4, 0.5) is 0 Å². The molecule has 0 aromatic heterocycles. The lowest BCUT2D eigenvalue weighted by atomic mass is 10.1. The molecule has 0 radical (unpaired) electrons. The standard InChI is InChI=1S/C18H27NO2S/c1-5-16(6-2)19(13-14-21-3)18(20)12-9-15-7-10-17(22-4)11-8-15/h7-12,16H,5-6,13-14H2,1-4H3. The van der Waals surface area contributed by atoms with Crippen LogP contribution in [0.25, 0.3) is 6.08 Å². The molecule has 22 heavy (non-hydrogen) atoms. The van der Waals surface area contributed by atoms with Crippen molar-refractivity contribution in [1.82, 2.24) is 4.90 Å². The first kappa shape index (κ1) is 18.8. The maximum atomic E-state index is 12.5. The first-order valence-corrected chi connectivity index (χ1v) is 9.00. The Morgan fingerprint density at radius 1 is 1.27 bits per heavy atom. The fraction of sp³-hybridized carbons (Fsp3) is 0.500. The number of thioether (sulfide) groups is 1. The summed E-state index contributed by atoms with van der Waals surface area (Å²) in [4.78, 5) is 15.6. The lowest BCUT2D eigenvalue weighted by Crippen LogP contribution is -2.40. The highest BCUT2D eigenvalue weighted by molar-refractivity contribution is 7.98. The number of carbonyl (C=O) groups excluding carboxylic acids is 1. The SMILES string of the molecule is CCC(CC)N(CCOC)C(=O)C=Cc1ccc(SC)cc1. The first-order chi connectivity index (χ1) is 10.7. The van der Waals surface area contributed by atoms with Gasteiger partial charge in [-0.05, 0) is 42.9 Å². The molecule has 0 N–H and O–H groups in total. The maximum absolute atomic E-state index is 12.5. The summed E-state index contributed by atoms with van der Waals surface area (Å²) in [5.74, 6) is 0.0553. The van der Waals surface area contributed by atoms with Crippen molar-refractivity contribution in [1.29, 1.82) is 0 Å². The summed E-state index contributed by atoms with van der Waals surface area (Å²) in [6, 6.07) is 8.47. The fourth-order valence-corrected chi connectivity index (χ4v) is 2.78. The number of carbonyl (C=O) groups is 1. The van der Waals surface area contributed by atoms with Crippen molar-refractivity contribution in [3.8, 4) is 0 Å². The van der Waals surface area contributed by atoms with Gasteiger partial charge in [-0.25, -0.2) is 0 Å². The number of hydrogen-bond donors (Lipinski definition) is 0. The molecule has 3 nitrogen and oxygen atoms in total. The molecule has 0 aliphatic rings. The van der Waals surface area contributed by atoms with E-state index in [0.717, 1.165) is 18.4 Å². The predicted molar refractivity (Wildman–Crippen MR) is 95.2 cm³/mol. The average molecular weight is 321 g/mol. The molecule has 0 heterocycles. The largest absolute Gasteiger partial charge is 0.383 e. The van der Waals surface area contributed by atoms with Crippen LogP contribution in [-0.2, 0) is 9.53 Å². The zero-order chi connectivity index (χ0) is 16.4. The summed E-state index contributed by atoms with van der Waals surface area (Å²) in [5, 5.41) is 0. The van der Waals surface area contributed by atoms with Crippen LogP contribution in [0.2, 0.25) is 0 Å². The molecule has 1 aromatic rings. The van der Waals surface area contributed by atoms with Crippen molar-refractivity contribution in [3.63, 3.8) is 0 Å². The van der Waals surface area contributed by atoms with E-state index in [1.807, 2.05) is 23.1 Å². The van der Waals surface area contributed by atoms with E-state index >= 15 is 0 Å². The molecule has 1 amide bonds. The summed E-state index contributed by atoms with van der Waals surface area (Å²) >= 11 is 1.71. The molecule has 0 bridgehead atoms. The van der Waals surface area contributed by atoms with Crippen molar-refractivity contribution in [2.45, 2.75) is 37.6 Å². The van der Waals surface area contributed by atoms with Gasteiger partial charge in [-0.1, -0.05) is 26.0 Å². The zero-order valence-electron chi connectivity index (χ0n) is 14.0. The van der Waals surface area contributed by atoms with E-state index in [1.165, 1.54) is 4.90 Å². The molecule has 0 saturated carbocycles. The Kier molecular flexibility index (Phi) is 8.94. The second-order valence-corrected chi connectivity index (χ2v) is 5.98. The summed E-state index contributed by atoms with van der Waals surface area (Å²) < 4.78 is 5.13. The number of methoxy groups -OCH3 is 1. The number of rotatable bonds is 9. The molecule has 0 aliphatic heterocycles. The minimum Gasteiger partial charge on any atom is -0.383 e. The molecular formula is C18H27NO2S. The maximum Gasteiger partial charge on any atom is 0.246 e. The Labute approximate surface area is 138 Å². The second kappa shape index (κ2) is 10.5. The molecule has 4 heteroatoms. The van der Waals surface area contributed by atoms with E-state index in [9.17, 15) is 4.79 Å². The number of benzene rings is 1. The minimum absolute atomic E-state index is 0.0553. The molecule has 0 saturated heterocycles. The van der Waals surface area contributed by atoms with E-state index in [-0.39, 0.29) is 11.9 Å². The number of hydrogen-bond acceptors (Lipinski definition) is 3. The van der Waals surface area contributed by atoms with Crippen LogP contribution in [0.5, 0.6) is 0 Å². The normalized spacial score (nSPS) is 11.3. The molecular weight excluding hydrogens is 294 g/mol. The van der Waals surface area contributed by atoms with Crippen molar-refractivity contribution >= 4 is 23.7 Å². The molecule has 0 fully saturated rings. The Hall–Kier alpha value is -1.26. The van der Waals surface area contributed by atoms with Gasteiger partial charge in [0.1, 0.15) is 0 Å². The van der Waals surface area contributed by atoms with Gasteiger partial charge in [-0.2, -0.15) is 0 Å². The fourth-order valence-electron chi connectivity index (χ4n) is 2.37. The van der Waals surface area contributed by atoms with E-state index in [2.05, 4.69) is 32.2 Å². The van der Waals surface area contributed by atoms with Gasteiger partial charge >= 0.3 is 0 Å². The van der Waals surface area contributed by atoms with Crippen LogP contribution in [0.15, 0.2) is 35.2 Å². The van der Waals surface area contributed by atoms with Crippen LogP contribution in [-0.4, -0.2) is 43.4 Å². The Bertz CT molecular complexity index is 466. The molecule has 0 spiro atoms. The molecule has 1 aromatic carbocycles. The number of ether oxygens (including phenoxy) is 1. The van der Waals surface area contributed by atoms with Crippen molar-refractivity contribution in [3.05, 3.63) is 35.9 Å². The molecule has 0 atom stereocenters. The third kappa shape index (κ3) is 5.85. The van der Waals surface area contributed by atoms with Crippen molar-refractivity contribution < 1.29 is 9.53 Å². The van der Waals surface area contributed by atoms with Crippen molar-refractivity contribution in [2.75, 3.05) is 26.5 Å². The van der Waals surface area contributed by atoms with Crippen LogP contribution in [0.3, 0.4) is 0 Å². The van der Waals surface area contributed by atoms with Crippen LogP contribution < -0.4 is 0 Å². The van der Waals surface area contributed by atoms with Gasteiger partial charge in [0.15, 0.2) is 0 Å². The monoisotopic (exact) mass is 321 g/mol. The molecule has 0 unspecified atom stereocenters. The summed E-state index contributed by atoms with van der Waals surface area (Å²) in [6.07, 6.45) is 7.53. The predicted octanol–water partition coefficient (Wildman–Crippen LogP) is 4.09. The highest BCUT2D eigenvalue weighted by Gasteiger charge is 2.18. The minimum atomic E-state index is 0.0553. The van der Waals surface area contributed by atoms with Crippen LogP contribution in [0.1, 0.15) is 32.3 Å². The van der Waals surface area contributed by atoms with Gasteiger partial charge in [0, 0.05) is 30.7 Å². The Morgan fingerprint density at radius 3 is 2.41 bits per heavy atom. The smallest absolute Gasteiger partial charge is 0.246 e. The van der Waals surface area contributed by atoms with Gasteiger partial charge in [-0.3, -0.25) is 4.79 Å². The lowest BCUT2D eigenvalue weighted by Gasteiger charge is -2.29. The van der Waals surface area contributed by atoms with Gasteiger partial charge in [0.25, 0.3) is 0 Å². The topological polar surface area (TPSA) is 29.5 Å². The van der Waals surface area contributed by atoms with Crippen molar-refractivity contribution in [2.24, 2.45) is 0 Å². The average Bonchev–Trinajstić information content (AvgIpc) is 2.57. The Morgan fingerprint density at radius 2 is 1.91 bits per heavy atom. The van der Waals surface area contributed by atoms with Gasteiger partial charge in [-0.15, -0.1) is 11.8 Å². The highest BCUT2D eigenvalue weighted by atomic mass is 32.2. The highest BCUT2D eigenvalue weighted by Crippen LogP contribution is 2.16. The molecule has 1 rings (SSSR count). The van der Waals surface area contributed by atoms with E-state index < -0.39 is 0 Å². The summed E-state index contributed by atoms with van der Waals surface area (Å²) in [5.41, 5.74) is 1.04. The first-order valence-electron chi connectivity index (χ1n) is 7.77. The van der Waals surface area contributed by atoms with Crippen LogP contribution in [0, 0.1) is 0 Å². The third-order valence-electron chi connectivity index (χ3n) is 3.74. The van der Waals surface area contributed by atoms with Crippen LogP contribution >= 0.6 is 11.8 Å². The van der Waals surface area contributed by atoms with Gasteiger partial charge in [0.05, 0.1) is 6.61 Å². The summed E-state index contributed by atoms with van der Waals surface area (Å²) in [7, 11) is 1.67. The Balaban J connectivity index is 2.77. The summed E-state index contributed by atoms with van der Waals surface area (Å²) in [6.45, 7) is 5.44. The van der Waals surface area contributed by atoms with E-state index in [0.29, 0.717) is 13.2 Å². The van der Waals surface area contributed by atoms with E-state index in [4.69, 9.17) is 4.74 Å². The number of amides is 1. The quantitative estimate of drug-likeness (QED) is 0.507. The lowest BCUT2D eigenvalue weighted by molar-refractivity contribution is -0.129. The van der Waals surface area contributed by atoms with Gasteiger partial charge < -0.3 is 9.64 Å². The number of nitrogens with zero attached hydrogens (tertiary/aromatic N) is 1. The third-order valence-corrected chi connectivity index (χ3v) is 4.48. The van der Waals surface area contributed by atoms with Gasteiger partial charge in [0.2, 0.25) is 5.91 Å². The second-order valence-electron chi connectivity index (χ2n) is 5.10. The molecule has 0 aliphatic carbocycles. The zero-order valence-corrected chi connectivity index (χ0v) is 14.9. The molecule has 122 valence electrons.